The molecule has 1 aromatic carbocycles. The number of amides is 1. The minimum atomic E-state index is -2.06. The second-order valence-electron chi connectivity index (χ2n) is 5.15. The van der Waals surface area contributed by atoms with E-state index >= 15 is 0 Å². The number of nitro benzene ring substituents is 1. The minimum absolute atomic E-state index is 0.177. The van der Waals surface area contributed by atoms with Crippen LogP contribution in [0.4, 0.5) is 5.69 Å². The van der Waals surface area contributed by atoms with Gasteiger partial charge in [-0.3, -0.25) is 14.9 Å². The van der Waals surface area contributed by atoms with E-state index in [1.54, 1.807) is 0 Å². The topological polar surface area (TPSA) is 121 Å². The minimum Gasteiger partial charge on any atom is -0.479 e. The third-order valence-corrected chi connectivity index (χ3v) is 3.43. The highest BCUT2D eigenvalue weighted by Crippen LogP contribution is 2.24. The standard InChI is InChI=1S/C13H14N2O6/c1-13(19,12(17)18)7-14-5-4-8-2-3-9(15(20)21)6-10(8)11(14)16/h2-3,6,19H,4-5,7H2,1H3,(H,17,18). The Hall–Kier alpha value is -2.48. The number of aliphatic hydroxyl groups is 1. The number of aliphatic carboxylic acids is 1. The Morgan fingerprint density at radius 2 is 2.19 bits per heavy atom. The van der Waals surface area contributed by atoms with Crippen LogP contribution in [0.2, 0.25) is 0 Å². The second-order valence-corrected chi connectivity index (χ2v) is 5.15. The van der Waals surface area contributed by atoms with Crippen LogP contribution in [0.5, 0.6) is 0 Å². The van der Waals surface area contributed by atoms with Crippen molar-refractivity contribution in [2.45, 2.75) is 18.9 Å². The van der Waals surface area contributed by atoms with Gasteiger partial charge in [0.2, 0.25) is 0 Å². The smallest absolute Gasteiger partial charge is 0.337 e. The fourth-order valence-corrected chi connectivity index (χ4v) is 2.21. The Morgan fingerprint density at radius 1 is 1.52 bits per heavy atom. The molecule has 21 heavy (non-hydrogen) atoms. The summed E-state index contributed by atoms with van der Waals surface area (Å²) < 4.78 is 0. The van der Waals surface area contributed by atoms with Gasteiger partial charge in [0.1, 0.15) is 0 Å². The van der Waals surface area contributed by atoms with E-state index in [0.29, 0.717) is 12.0 Å². The van der Waals surface area contributed by atoms with Crippen molar-refractivity contribution >= 4 is 17.6 Å². The summed E-state index contributed by atoms with van der Waals surface area (Å²) in [7, 11) is 0. The number of hydrogen-bond acceptors (Lipinski definition) is 5. The summed E-state index contributed by atoms with van der Waals surface area (Å²) in [6.07, 6.45) is 0.453. The van der Waals surface area contributed by atoms with Crippen molar-refractivity contribution in [2.24, 2.45) is 0 Å². The van der Waals surface area contributed by atoms with Crippen LogP contribution in [0.3, 0.4) is 0 Å². The van der Waals surface area contributed by atoms with Crippen LogP contribution in [0.25, 0.3) is 0 Å². The van der Waals surface area contributed by atoms with E-state index in [2.05, 4.69) is 0 Å². The number of carboxylic acid groups (broad SMARTS) is 1. The summed E-state index contributed by atoms with van der Waals surface area (Å²) in [6, 6.07) is 4.03. The molecule has 1 aromatic rings. The quantitative estimate of drug-likeness (QED) is 0.613. The van der Waals surface area contributed by atoms with Gasteiger partial charge in [-0.2, -0.15) is 0 Å². The van der Waals surface area contributed by atoms with Crippen molar-refractivity contribution in [3.63, 3.8) is 0 Å². The first-order valence-electron chi connectivity index (χ1n) is 6.25. The highest BCUT2D eigenvalue weighted by Gasteiger charge is 2.36. The number of β-amino-alcohol motifs (C(OH)–C–C–N with tert-alkyl or cyclic N) is 1. The second kappa shape index (κ2) is 5.13. The summed E-state index contributed by atoms with van der Waals surface area (Å²) >= 11 is 0. The predicted molar refractivity (Wildman–Crippen MR) is 71.0 cm³/mol. The molecule has 1 aliphatic rings. The van der Waals surface area contributed by atoms with Gasteiger partial charge in [0.15, 0.2) is 5.60 Å². The first-order chi connectivity index (χ1) is 9.72. The van der Waals surface area contributed by atoms with Gasteiger partial charge < -0.3 is 15.1 Å². The van der Waals surface area contributed by atoms with Crippen molar-refractivity contribution < 1.29 is 24.7 Å². The van der Waals surface area contributed by atoms with E-state index < -0.39 is 22.4 Å². The Morgan fingerprint density at radius 3 is 2.76 bits per heavy atom. The number of fused-ring (bicyclic) bond motifs is 1. The number of carboxylic acids is 1. The maximum atomic E-state index is 12.3. The molecular weight excluding hydrogens is 280 g/mol. The molecule has 1 aliphatic heterocycles. The highest BCUT2D eigenvalue weighted by atomic mass is 16.6. The van der Waals surface area contributed by atoms with Crippen molar-refractivity contribution in [1.29, 1.82) is 0 Å². The van der Waals surface area contributed by atoms with Crippen LogP contribution < -0.4 is 0 Å². The maximum Gasteiger partial charge on any atom is 0.337 e. The molecule has 0 saturated heterocycles. The Bertz CT molecular complexity index is 625. The molecule has 0 radical (unpaired) electrons. The maximum absolute atomic E-state index is 12.3. The number of benzene rings is 1. The van der Waals surface area contributed by atoms with Crippen molar-refractivity contribution in [2.75, 3.05) is 13.1 Å². The zero-order chi connectivity index (χ0) is 15.8. The van der Waals surface area contributed by atoms with Gasteiger partial charge in [-0.25, -0.2) is 4.79 Å². The Balaban J connectivity index is 2.29. The number of carbonyl (C=O) groups is 2. The fraction of sp³-hybridized carbons (Fsp3) is 0.385. The number of carbonyl (C=O) groups excluding carboxylic acids is 1. The van der Waals surface area contributed by atoms with Crippen LogP contribution in [0, 0.1) is 10.1 Å². The monoisotopic (exact) mass is 294 g/mol. The van der Waals surface area contributed by atoms with E-state index in [0.717, 1.165) is 6.92 Å². The SMILES string of the molecule is CC(O)(CN1CCc2ccc([N+](=O)[O-])cc2C1=O)C(=O)O. The number of nitro groups is 1. The van der Waals surface area contributed by atoms with Crippen molar-refractivity contribution in [3.05, 3.63) is 39.4 Å². The third-order valence-electron chi connectivity index (χ3n) is 3.43. The molecule has 0 aliphatic carbocycles. The average molecular weight is 294 g/mol. The zero-order valence-electron chi connectivity index (χ0n) is 11.3. The molecule has 2 rings (SSSR count). The lowest BCUT2D eigenvalue weighted by Crippen LogP contribution is -2.50. The predicted octanol–water partition coefficient (Wildman–Crippen LogP) is 0.429. The molecule has 1 atom stereocenters. The van der Waals surface area contributed by atoms with Gasteiger partial charge in [-0.15, -0.1) is 0 Å². The number of hydrogen-bond donors (Lipinski definition) is 2. The molecule has 1 unspecified atom stereocenters. The highest BCUT2D eigenvalue weighted by molar-refractivity contribution is 5.97. The largest absolute Gasteiger partial charge is 0.479 e. The summed E-state index contributed by atoms with van der Waals surface area (Å²) in [4.78, 5) is 34.6. The molecule has 1 amide bonds. The zero-order valence-corrected chi connectivity index (χ0v) is 11.3. The molecule has 0 spiro atoms. The lowest BCUT2D eigenvalue weighted by atomic mass is 9.96. The van der Waals surface area contributed by atoms with Crippen LogP contribution in [0.15, 0.2) is 18.2 Å². The number of non-ortho nitro benzene ring substituents is 1. The van der Waals surface area contributed by atoms with Gasteiger partial charge in [0.25, 0.3) is 11.6 Å². The Labute approximate surface area is 119 Å². The fourth-order valence-electron chi connectivity index (χ4n) is 2.21. The van der Waals surface area contributed by atoms with Crippen LogP contribution in [-0.4, -0.2) is 50.6 Å². The normalized spacial score (nSPS) is 17.0. The van der Waals surface area contributed by atoms with E-state index in [1.165, 1.54) is 23.1 Å². The molecular formula is C13H14N2O6. The molecule has 0 aromatic heterocycles. The molecule has 0 bridgehead atoms. The van der Waals surface area contributed by atoms with E-state index in [-0.39, 0.29) is 24.3 Å². The van der Waals surface area contributed by atoms with Gasteiger partial charge in [-0.05, 0) is 18.9 Å². The molecule has 0 saturated carbocycles. The van der Waals surface area contributed by atoms with Crippen LogP contribution >= 0.6 is 0 Å². The lowest BCUT2D eigenvalue weighted by Gasteiger charge is -2.32. The van der Waals surface area contributed by atoms with Crippen LogP contribution in [0.1, 0.15) is 22.8 Å². The van der Waals surface area contributed by atoms with Gasteiger partial charge in [-0.1, -0.05) is 6.07 Å². The van der Waals surface area contributed by atoms with Crippen molar-refractivity contribution in [3.8, 4) is 0 Å². The lowest BCUT2D eigenvalue weighted by molar-refractivity contribution is -0.384. The van der Waals surface area contributed by atoms with Crippen LogP contribution in [-0.2, 0) is 11.2 Å². The first kappa shape index (κ1) is 14.9. The van der Waals surface area contributed by atoms with E-state index in [9.17, 15) is 24.8 Å². The summed E-state index contributed by atoms with van der Waals surface area (Å²) in [5, 5.41) is 29.4. The summed E-state index contributed by atoms with van der Waals surface area (Å²) in [5.74, 6) is -1.94. The van der Waals surface area contributed by atoms with E-state index in [4.69, 9.17) is 5.11 Å². The molecule has 1 heterocycles. The first-order valence-corrected chi connectivity index (χ1v) is 6.25. The van der Waals surface area contributed by atoms with Gasteiger partial charge in [0.05, 0.1) is 11.5 Å². The molecule has 112 valence electrons. The Kier molecular flexibility index (Phi) is 3.65. The summed E-state index contributed by atoms with van der Waals surface area (Å²) in [6.45, 7) is 0.988. The molecule has 0 fully saturated rings. The van der Waals surface area contributed by atoms with E-state index in [1.807, 2.05) is 0 Å². The number of nitrogens with zero attached hydrogens (tertiary/aromatic N) is 2. The number of rotatable bonds is 4. The van der Waals surface area contributed by atoms with Crippen molar-refractivity contribution in [1.82, 2.24) is 4.90 Å². The van der Waals surface area contributed by atoms with Gasteiger partial charge >= 0.3 is 5.97 Å². The molecule has 2 N–H and O–H groups in total. The molecule has 8 heteroatoms. The third kappa shape index (κ3) is 2.84. The summed E-state index contributed by atoms with van der Waals surface area (Å²) in [5.41, 5.74) is -1.41. The average Bonchev–Trinajstić information content (AvgIpc) is 2.41. The molecule has 8 nitrogen and oxygen atoms in total. The van der Waals surface area contributed by atoms with Gasteiger partial charge in [0, 0.05) is 24.2 Å².